The third-order valence-electron chi connectivity index (χ3n) is 3.95. The number of hydrogen-bond acceptors (Lipinski definition) is 3. The van der Waals surface area contributed by atoms with E-state index in [1.807, 2.05) is 24.3 Å². The number of anilines is 1. The summed E-state index contributed by atoms with van der Waals surface area (Å²) in [5.41, 5.74) is 2.15. The van der Waals surface area contributed by atoms with E-state index in [4.69, 9.17) is 11.6 Å². The molecule has 7 heteroatoms. The molecule has 0 aliphatic rings. The molecular formula is C20H23ClN2O3S. The van der Waals surface area contributed by atoms with Crippen molar-refractivity contribution in [3.63, 3.8) is 0 Å². The van der Waals surface area contributed by atoms with Crippen LogP contribution in [-0.4, -0.2) is 33.7 Å². The highest BCUT2D eigenvalue weighted by molar-refractivity contribution is 7.92. The molecule has 27 heavy (non-hydrogen) atoms. The molecule has 0 unspecified atom stereocenters. The maximum atomic E-state index is 12.2. The van der Waals surface area contributed by atoms with E-state index in [1.54, 1.807) is 24.3 Å². The van der Waals surface area contributed by atoms with E-state index in [9.17, 15) is 13.2 Å². The number of rotatable bonds is 9. The van der Waals surface area contributed by atoms with Crippen LogP contribution in [0.15, 0.2) is 61.2 Å². The third kappa shape index (κ3) is 6.41. The van der Waals surface area contributed by atoms with Crippen LogP contribution in [0, 0.1) is 0 Å². The van der Waals surface area contributed by atoms with Gasteiger partial charge in [-0.25, -0.2) is 8.42 Å². The normalized spacial score (nSPS) is 11.0. The molecule has 144 valence electrons. The number of carbonyl (C=O) groups is 1. The van der Waals surface area contributed by atoms with Gasteiger partial charge >= 0.3 is 0 Å². The summed E-state index contributed by atoms with van der Waals surface area (Å²) in [7, 11) is -3.41. The number of amides is 1. The molecule has 0 spiro atoms. The Kier molecular flexibility index (Phi) is 7.45. The quantitative estimate of drug-likeness (QED) is 0.510. The van der Waals surface area contributed by atoms with Crippen molar-refractivity contribution >= 4 is 33.2 Å². The van der Waals surface area contributed by atoms with Gasteiger partial charge in [0.15, 0.2) is 0 Å². The lowest BCUT2D eigenvalue weighted by atomic mass is 10.1. The smallest absolute Gasteiger partial charge is 0.251 e. The molecule has 0 fully saturated rings. The summed E-state index contributed by atoms with van der Waals surface area (Å²) in [5, 5.41) is 3.58. The minimum Gasteiger partial charge on any atom is -0.352 e. The number of hydrogen-bond donors (Lipinski definition) is 1. The second-order valence-corrected chi connectivity index (χ2v) is 8.46. The fourth-order valence-electron chi connectivity index (χ4n) is 2.58. The molecule has 0 bridgehead atoms. The van der Waals surface area contributed by atoms with Crippen molar-refractivity contribution in [3.05, 3.63) is 77.3 Å². The highest BCUT2D eigenvalue weighted by Gasteiger charge is 2.16. The third-order valence-corrected chi connectivity index (χ3v) is 5.37. The Bertz CT molecular complexity index is 878. The van der Waals surface area contributed by atoms with Crippen LogP contribution in [0.5, 0.6) is 0 Å². The van der Waals surface area contributed by atoms with E-state index < -0.39 is 10.0 Å². The molecule has 1 amide bonds. The van der Waals surface area contributed by atoms with Gasteiger partial charge in [-0.1, -0.05) is 29.8 Å². The summed E-state index contributed by atoms with van der Waals surface area (Å²) in [6, 6.07) is 14.1. The molecule has 0 atom stereocenters. The molecule has 0 heterocycles. The lowest BCUT2D eigenvalue weighted by Gasteiger charge is -2.20. The molecule has 0 radical (unpaired) electrons. The van der Waals surface area contributed by atoms with Crippen LogP contribution in [0.4, 0.5) is 5.69 Å². The van der Waals surface area contributed by atoms with Crippen LogP contribution in [-0.2, 0) is 16.4 Å². The van der Waals surface area contributed by atoms with Gasteiger partial charge in [0, 0.05) is 17.1 Å². The average molecular weight is 407 g/mol. The van der Waals surface area contributed by atoms with Crippen LogP contribution in [0.1, 0.15) is 22.3 Å². The second kappa shape index (κ2) is 9.58. The number of carbonyl (C=O) groups excluding carboxylic acids is 1. The molecule has 2 rings (SSSR count). The molecule has 0 aromatic heterocycles. The lowest BCUT2D eigenvalue weighted by molar-refractivity contribution is 0.0953. The van der Waals surface area contributed by atoms with E-state index in [1.165, 1.54) is 15.9 Å². The first kappa shape index (κ1) is 21.0. The minimum absolute atomic E-state index is 0.176. The monoisotopic (exact) mass is 406 g/mol. The van der Waals surface area contributed by atoms with Gasteiger partial charge < -0.3 is 5.32 Å². The lowest BCUT2D eigenvalue weighted by Crippen LogP contribution is -2.30. The van der Waals surface area contributed by atoms with Crippen LogP contribution in [0.3, 0.4) is 0 Å². The fraction of sp³-hybridized carbons (Fsp3) is 0.250. The van der Waals surface area contributed by atoms with E-state index in [2.05, 4.69) is 11.9 Å². The molecular weight excluding hydrogens is 384 g/mol. The SMILES string of the molecule is C=CCN(c1ccc(C(=O)NCCCc2ccc(Cl)cc2)cc1)S(C)(=O)=O. The maximum absolute atomic E-state index is 12.2. The zero-order chi connectivity index (χ0) is 19.9. The van der Waals surface area contributed by atoms with Crippen molar-refractivity contribution < 1.29 is 13.2 Å². The molecule has 5 nitrogen and oxygen atoms in total. The highest BCUT2D eigenvalue weighted by Crippen LogP contribution is 2.18. The van der Waals surface area contributed by atoms with Crippen molar-refractivity contribution in [3.8, 4) is 0 Å². The number of sulfonamides is 1. The van der Waals surface area contributed by atoms with Gasteiger partial charge in [0.05, 0.1) is 18.5 Å². The minimum atomic E-state index is -3.41. The van der Waals surface area contributed by atoms with Gasteiger partial charge in [-0.2, -0.15) is 0 Å². The van der Waals surface area contributed by atoms with Crippen LogP contribution in [0.2, 0.25) is 5.02 Å². The Balaban J connectivity index is 1.89. The average Bonchev–Trinajstić information content (AvgIpc) is 2.64. The van der Waals surface area contributed by atoms with Crippen molar-refractivity contribution in [1.29, 1.82) is 0 Å². The van der Waals surface area contributed by atoms with Gasteiger partial charge in [0.2, 0.25) is 10.0 Å². The van der Waals surface area contributed by atoms with Gasteiger partial charge in [0.25, 0.3) is 5.91 Å². The second-order valence-electron chi connectivity index (χ2n) is 6.12. The van der Waals surface area contributed by atoms with E-state index in [0.29, 0.717) is 22.8 Å². The Morgan fingerprint density at radius 3 is 2.33 bits per heavy atom. The topological polar surface area (TPSA) is 66.5 Å². The molecule has 0 saturated heterocycles. The van der Waals surface area contributed by atoms with Gasteiger partial charge in [0.1, 0.15) is 0 Å². The van der Waals surface area contributed by atoms with Crippen molar-refractivity contribution in [1.82, 2.24) is 5.32 Å². The van der Waals surface area contributed by atoms with Crippen LogP contribution < -0.4 is 9.62 Å². The summed E-state index contributed by atoms with van der Waals surface area (Å²) in [4.78, 5) is 12.2. The number of nitrogens with one attached hydrogen (secondary N) is 1. The molecule has 1 N–H and O–H groups in total. The predicted octanol–water partition coefficient (Wildman–Crippen LogP) is 3.65. The number of benzene rings is 2. The highest BCUT2D eigenvalue weighted by atomic mass is 35.5. The van der Waals surface area contributed by atoms with Crippen molar-refractivity contribution in [2.75, 3.05) is 23.7 Å². The molecule has 2 aromatic carbocycles. The predicted molar refractivity (Wildman–Crippen MR) is 111 cm³/mol. The van der Waals surface area contributed by atoms with E-state index >= 15 is 0 Å². The van der Waals surface area contributed by atoms with E-state index in [-0.39, 0.29) is 12.5 Å². The van der Waals surface area contributed by atoms with Gasteiger partial charge in [-0.3, -0.25) is 9.10 Å². The summed E-state index contributed by atoms with van der Waals surface area (Å²) >= 11 is 5.86. The summed E-state index contributed by atoms with van der Waals surface area (Å²) < 4.78 is 24.9. The number of halogens is 1. The van der Waals surface area contributed by atoms with Crippen LogP contribution in [0.25, 0.3) is 0 Å². The largest absolute Gasteiger partial charge is 0.352 e. The molecule has 0 aliphatic heterocycles. The summed E-state index contributed by atoms with van der Waals surface area (Å²) in [5.74, 6) is -0.188. The Labute approximate surface area is 165 Å². The van der Waals surface area contributed by atoms with Gasteiger partial charge in [-0.15, -0.1) is 6.58 Å². The van der Waals surface area contributed by atoms with E-state index in [0.717, 1.165) is 19.1 Å². The molecule has 0 saturated carbocycles. The van der Waals surface area contributed by atoms with Gasteiger partial charge in [-0.05, 0) is 54.8 Å². The van der Waals surface area contributed by atoms with Crippen molar-refractivity contribution in [2.24, 2.45) is 0 Å². The molecule has 0 aliphatic carbocycles. The summed E-state index contributed by atoms with van der Waals surface area (Å²) in [6.45, 7) is 4.30. The van der Waals surface area contributed by atoms with Crippen LogP contribution >= 0.6 is 11.6 Å². The first-order chi connectivity index (χ1) is 12.8. The Hall–Kier alpha value is -2.31. The Morgan fingerprint density at radius 1 is 1.15 bits per heavy atom. The number of nitrogens with zero attached hydrogens (tertiary/aromatic N) is 1. The first-order valence-corrected chi connectivity index (χ1v) is 10.7. The Morgan fingerprint density at radius 2 is 1.78 bits per heavy atom. The first-order valence-electron chi connectivity index (χ1n) is 8.52. The standard InChI is InChI=1S/C20H23ClN2O3S/c1-3-15-23(27(2,25)26)19-12-8-17(9-13-19)20(24)22-14-4-5-16-6-10-18(21)11-7-16/h3,6-13H,1,4-5,14-15H2,2H3,(H,22,24). The van der Waals surface area contributed by atoms with Crippen molar-refractivity contribution in [2.45, 2.75) is 12.8 Å². The molecule has 2 aromatic rings. The zero-order valence-corrected chi connectivity index (χ0v) is 16.8. The maximum Gasteiger partial charge on any atom is 0.251 e. The zero-order valence-electron chi connectivity index (χ0n) is 15.2. The number of aryl methyl sites for hydroxylation is 1. The fourth-order valence-corrected chi connectivity index (χ4v) is 3.58. The summed E-state index contributed by atoms with van der Waals surface area (Å²) in [6.07, 6.45) is 4.31.